The van der Waals surface area contributed by atoms with E-state index in [0.717, 1.165) is 16.7 Å². The molecule has 33 heavy (non-hydrogen) atoms. The number of aliphatic hydroxyl groups excluding tert-OH is 1. The van der Waals surface area contributed by atoms with Gasteiger partial charge in [0, 0.05) is 11.8 Å². The number of carbonyl (C=O) groups excluding carboxylic acids is 3. The minimum atomic E-state index is -0.665. The predicted molar refractivity (Wildman–Crippen MR) is 125 cm³/mol. The molecule has 2 aromatic carbocycles. The molecule has 0 radical (unpaired) electrons. The predicted octanol–water partition coefficient (Wildman–Crippen LogP) is 3.36. The molecule has 10 nitrogen and oxygen atoms in total. The number of ether oxygens (including phenoxy) is 1. The maximum Gasteiger partial charge on any atom is 0.294 e. The number of nitrogens with one attached hydrogen (secondary N) is 1. The second-order valence-electron chi connectivity index (χ2n) is 6.57. The number of imide groups is 1. The van der Waals surface area contributed by atoms with Crippen LogP contribution in [-0.2, 0) is 9.59 Å². The van der Waals surface area contributed by atoms with E-state index in [4.69, 9.17) is 9.84 Å². The normalized spacial score (nSPS) is 14.6. The number of anilines is 1. The fourth-order valence-corrected chi connectivity index (χ4v) is 4.51. The Labute approximate surface area is 197 Å². The van der Waals surface area contributed by atoms with Crippen molar-refractivity contribution in [2.24, 2.45) is 0 Å². The summed E-state index contributed by atoms with van der Waals surface area (Å²) in [5.41, 5.74) is 0.593. The number of para-hydroxylation sites is 2. The van der Waals surface area contributed by atoms with Crippen LogP contribution >= 0.6 is 23.5 Å². The lowest BCUT2D eigenvalue weighted by atomic mass is 10.2. The van der Waals surface area contributed by atoms with Crippen molar-refractivity contribution in [3.05, 3.63) is 63.0 Å². The lowest BCUT2D eigenvalue weighted by Crippen LogP contribution is -2.36. The molecule has 0 bridgehead atoms. The molecule has 0 atom stereocenters. The fourth-order valence-electron chi connectivity index (χ4n) is 2.91. The average molecular weight is 490 g/mol. The largest absolute Gasteiger partial charge is 0.495 e. The van der Waals surface area contributed by atoms with Gasteiger partial charge in [0.1, 0.15) is 12.3 Å². The Kier molecular flexibility index (Phi) is 8.09. The summed E-state index contributed by atoms with van der Waals surface area (Å²) in [5, 5.41) is 22.3. The third-order valence-corrected chi connectivity index (χ3v) is 6.33. The van der Waals surface area contributed by atoms with E-state index in [0.29, 0.717) is 39.4 Å². The van der Waals surface area contributed by atoms with Gasteiger partial charge in [-0.15, -0.1) is 11.8 Å². The first-order valence-electron chi connectivity index (χ1n) is 9.54. The molecule has 172 valence electrons. The SMILES string of the molecule is COc1ccccc1NC(=O)CN1C(=O)S/C(=C\c2ccc(SCCO)c([N+](=O)[O-])c2)C1=O. The van der Waals surface area contributed by atoms with Gasteiger partial charge in [-0.2, -0.15) is 0 Å². The Morgan fingerprint density at radius 1 is 1.30 bits per heavy atom. The maximum atomic E-state index is 12.7. The van der Waals surface area contributed by atoms with Crippen LogP contribution in [0, 0.1) is 10.1 Å². The van der Waals surface area contributed by atoms with E-state index in [1.165, 1.54) is 25.3 Å². The van der Waals surface area contributed by atoms with Crippen LogP contribution in [-0.4, -0.2) is 58.0 Å². The topological polar surface area (TPSA) is 139 Å². The second kappa shape index (κ2) is 11.0. The van der Waals surface area contributed by atoms with Gasteiger partial charge in [0.05, 0.1) is 34.1 Å². The molecule has 2 N–H and O–H groups in total. The van der Waals surface area contributed by atoms with Gasteiger partial charge in [-0.25, -0.2) is 0 Å². The molecule has 12 heteroatoms. The highest BCUT2D eigenvalue weighted by atomic mass is 32.2. The number of benzene rings is 2. The Balaban J connectivity index is 1.74. The molecule has 0 aromatic heterocycles. The van der Waals surface area contributed by atoms with Gasteiger partial charge in [0.15, 0.2) is 0 Å². The van der Waals surface area contributed by atoms with Crippen LogP contribution in [0.4, 0.5) is 16.2 Å². The van der Waals surface area contributed by atoms with Gasteiger partial charge >= 0.3 is 0 Å². The number of thioether (sulfide) groups is 2. The van der Waals surface area contributed by atoms with Gasteiger partial charge in [-0.3, -0.25) is 29.4 Å². The Morgan fingerprint density at radius 3 is 2.76 bits per heavy atom. The third-order valence-electron chi connectivity index (χ3n) is 4.38. The molecule has 3 rings (SSSR count). The molecule has 0 unspecified atom stereocenters. The molecule has 1 aliphatic heterocycles. The molecule has 1 saturated heterocycles. The van der Waals surface area contributed by atoms with Crippen molar-refractivity contribution >= 4 is 58.0 Å². The molecular weight excluding hydrogens is 470 g/mol. The number of carbonyl (C=O) groups is 3. The van der Waals surface area contributed by atoms with E-state index in [1.54, 1.807) is 30.3 Å². The van der Waals surface area contributed by atoms with Crippen LogP contribution in [0.5, 0.6) is 5.75 Å². The summed E-state index contributed by atoms with van der Waals surface area (Å²) in [6, 6.07) is 11.1. The molecule has 2 aromatic rings. The van der Waals surface area contributed by atoms with Gasteiger partial charge < -0.3 is 15.2 Å². The molecule has 0 spiro atoms. The van der Waals surface area contributed by atoms with Crippen LogP contribution in [0.3, 0.4) is 0 Å². The third kappa shape index (κ3) is 5.92. The minimum Gasteiger partial charge on any atom is -0.495 e. The van der Waals surface area contributed by atoms with Crippen molar-refractivity contribution in [1.29, 1.82) is 0 Å². The van der Waals surface area contributed by atoms with Crippen molar-refractivity contribution in [1.82, 2.24) is 4.90 Å². The van der Waals surface area contributed by atoms with E-state index in [1.807, 2.05) is 0 Å². The number of methoxy groups -OCH3 is 1. The highest BCUT2D eigenvalue weighted by Crippen LogP contribution is 2.35. The number of rotatable bonds is 9. The van der Waals surface area contributed by atoms with Crippen molar-refractivity contribution in [3.8, 4) is 5.75 Å². The van der Waals surface area contributed by atoms with Crippen LogP contribution in [0.25, 0.3) is 6.08 Å². The number of amides is 3. The first-order chi connectivity index (χ1) is 15.8. The lowest BCUT2D eigenvalue weighted by Gasteiger charge is -2.14. The quantitative estimate of drug-likeness (QED) is 0.235. The van der Waals surface area contributed by atoms with E-state index in [9.17, 15) is 24.5 Å². The number of nitro groups is 1. The molecule has 3 amide bonds. The van der Waals surface area contributed by atoms with E-state index in [2.05, 4.69) is 5.32 Å². The zero-order valence-electron chi connectivity index (χ0n) is 17.3. The highest BCUT2D eigenvalue weighted by Gasteiger charge is 2.36. The average Bonchev–Trinajstić information content (AvgIpc) is 3.05. The number of nitro benzene ring substituents is 1. The standard InChI is InChI=1S/C21H19N3O7S2/c1-31-16-5-3-2-4-14(16)22-19(26)12-23-20(27)18(33-21(23)28)11-13-6-7-17(32-9-8-25)15(10-13)24(29)30/h2-7,10-11,25H,8-9,12H2,1H3,(H,22,26)/b18-11-. The summed E-state index contributed by atoms with van der Waals surface area (Å²) in [6.45, 7) is -0.613. The summed E-state index contributed by atoms with van der Waals surface area (Å²) in [4.78, 5) is 49.5. The summed E-state index contributed by atoms with van der Waals surface area (Å²) in [6.07, 6.45) is 1.37. The highest BCUT2D eigenvalue weighted by molar-refractivity contribution is 8.18. The lowest BCUT2D eigenvalue weighted by molar-refractivity contribution is -0.387. The number of nitrogens with zero attached hydrogens (tertiary/aromatic N) is 2. The fraction of sp³-hybridized carbons (Fsp3) is 0.190. The Morgan fingerprint density at radius 2 is 2.06 bits per heavy atom. The van der Waals surface area contributed by atoms with Crippen LogP contribution in [0.15, 0.2) is 52.3 Å². The number of aliphatic hydroxyl groups is 1. The molecule has 0 saturated carbocycles. The first kappa shape index (κ1) is 24.3. The summed E-state index contributed by atoms with van der Waals surface area (Å²) in [5.74, 6) is -0.511. The number of hydrogen-bond donors (Lipinski definition) is 2. The van der Waals surface area contributed by atoms with E-state index in [-0.39, 0.29) is 17.2 Å². The van der Waals surface area contributed by atoms with Gasteiger partial charge in [-0.05, 0) is 41.6 Å². The minimum absolute atomic E-state index is 0.0511. The van der Waals surface area contributed by atoms with Crippen LogP contribution in [0.1, 0.15) is 5.56 Å². The van der Waals surface area contributed by atoms with Crippen molar-refractivity contribution < 1.29 is 29.2 Å². The zero-order chi connectivity index (χ0) is 24.0. The molecular formula is C21H19N3O7S2. The first-order valence-corrected chi connectivity index (χ1v) is 11.3. The van der Waals surface area contributed by atoms with Gasteiger partial charge in [-0.1, -0.05) is 18.2 Å². The Hall–Kier alpha value is -3.35. The van der Waals surface area contributed by atoms with Crippen LogP contribution < -0.4 is 10.1 Å². The van der Waals surface area contributed by atoms with E-state index >= 15 is 0 Å². The van der Waals surface area contributed by atoms with Crippen molar-refractivity contribution in [3.63, 3.8) is 0 Å². The summed E-state index contributed by atoms with van der Waals surface area (Å²) >= 11 is 1.79. The van der Waals surface area contributed by atoms with Crippen molar-refractivity contribution in [2.45, 2.75) is 4.90 Å². The number of hydrogen-bond acceptors (Lipinski definition) is 9. The zero-order valence-corrected chi connectivity index (χ0v) is 19.0. The van der Waals surface area contributed by atoms with Crippen molar-refractivity contribution in [2.75, 3.05) is 31.3 Å². The molecule has 1 heterocycles. The van der Waals surface area contributed by atoms with E-state index < -0.39 is 28.5 Å². The Bertz CT molecular complexity index is 1140. The smallest absolute Gasteiger partial charge is 0.294 e. The second-order valence-corrected chi connectivity index (χ2v) is 8.70. The molecule has 1 aliphatic rings. The molecule has 1 fully saturated rings. The van der Waals surface area contributed by atoms with Gasteiger partial charge in [0.2, 0.25) is 5.91 Å². The maximum absolute atomic E-state index is 12.7. The van der Waals surface area contributed by atoms with Crippen LogP contribution in [0.2, 0.25) is 0 Å². The molecule has 0 aliphatic carbocycles. The van der Waals surface area contributed by atoms with Gasteiger partial charge in [0.25, 0.3) is 16.8 Å². The monoisotopic (exact) mass is 489 g/mol. The summed E-state index contributed by atoms with van der Waals surface area (Å²) < 4.78 is 5.16. The summed E-state index contributed by atoms with van der Waals surface area (Å²) in [7, 11) is 1.45.